The molecule has 0 bridgehead atoms. The molecule has 0 aromatic rings. The quantitative estimate of drug-likeness (QED) is 0.596. The van der Waals surface area contributed by atoms with Crippen LogP contribution in [0.15, 0.2) is 0 Å². The van der Waals surface area contributed by atoms with E-state index in [1.165, 1.54) is 12.0 Å². The number of hydrogen-bond acceptors (Lipinski definition) is 3. The van der Waals surface area contributed by atoms with Crippen LogP contribution in [0.25, 0.3) is 0 Å². The summed E-state index contributed by atoms with van der Waals surface area (Å²) in [4.78, 5) is 12.5. The van der Waals surface area contributed by atoms with E-state index in [1.54, 1.807) is 7.05 Å². The lowest BCUT2D eigenvalue weighted by Crippen LogP contribution is -2.35. The van der Waals surface area contributed by atoms with Crippen molar-refractivity contribution in [1.29, 1.82) is 0 Å². The molecule has 4 heteroatoms. The molecule has 12 heavy (non-hydrogen) atoms. The van der Waals surface area contributed by atoms with Crippen molar-refractivity contribution in [2.24, 2.45) is 0 Å². The predicted octanol–water partition coefficient (Wildman–Crippen LogP) is 1.46. The highest BCUT2D eigenvalue weighted by Crippen LogP contribution is 2.08. The fourth-order valence-electron chi connectivity index (χ4n) is 0.586. The van der Waals surface area contributed by atoms with E-state index < -0.39 is 5.60 Å². The van der Waals surface area contributed by atoms with Crippen LogP contribution in [0.4, 0.5) is 4.79 Å². The van der Waals surface area contributed by atoms with E-state index in [1.807, 2.05) is 20.8 Å². The second-order valence-corrected chi connectivity index (χ2v) is 3.60. The highest BCUT2D eigenvalue weighted by atomic mass is 16.6. The Labute approximate surface area is 73.4 Å². The first-order chi connectivity index (χ1) is 5.37. The number of methoxy groups -OCH3 is 1. The zero-order valence-corrected chi connectivity index (χ0v) is 8.38. The van der Waals surface area contributed by atoms with Gasteiger partial charge in [0.15, 0.2) is 0 Å². The van der Waals surface area contributed by atoms with Crippen LogP contribution < -0.4 is 0 Å². The first-order valence-electron chi connectivity index (χ1n) is 3.80. The van der Waals surface area contributed by atoms with Crippen molar-refractivity contribution in [3.05, 3.63) is 0 Å². The van der Waals surface area contributed by atoms with E-state index in [0.29, 0.717) is 0 Å². The lowest BCUT2D eigenvalue weighted by molar-refractivity contribution is 0.00528. The molecular weight excluding hydrogens is 158 g/mol. The highest BCUT2D eigenvalue weighted by Gasteiger charge is 2.18. The summed E-state index contributed by atoms with van der Waals surface area (Å²) >= 11 is 0. The maximum Gasteiger partial charge on any atom is 0.411 e. The van der Waals surface area contributed by atoms with Crippen LogP contribution in [-0.4, -0.2) is 37.5 Å². The molecule has 0 aliphatic heterocycles. The standard InChI is InChI=1S/C8H17NO3/c1-8(2,3)12-7(10)9(4)6-11-5/h6H2,1-5H3. The van der Waals surface area contributed by atoms with Gasteiger partial charge < -0.3 is 9.47 Å². The summed E-state index contributed by atoms with van der Waals surface area (Å²) in [6, 6.07) is 0. The van der Waals surface area contributed by atoms with Gasteiger partial charge in [0.25, 0.3) is 0 Å². The largest absolute Gasteiger partial charge is 0.444 e. The van der Waals surface area contributed by atoms with Crippen molar-refractivity contribution < 1.29 is 14.3 Å². The second kappa shape index (κ2) is 4.30. The van der Waals surface area contributed by atoms with Gasteiger partial charge in [0, 0.05) is 14.2 Å². The Morgan fingerprint density at radius 2 is 1.92 bits per heavy atom. The summed E-state index contributed by atoms with van der Waals surface area (Å²) in [5.41, 5.74) is -0.445. The average Bonchev–Trinajstić information content (AvgIpc) is 1.84. The van der Waals surface area contributed by atoms with Crippen molar-refractivity contribution >= 4 is 6.09 Å². The molecule has 4 nitrogen and oxygen atoms in total. The molecule has 0 atom stereocenters. The molecule has 0 N–H and O–H groups in total. The summed E-state index contributed by atoms with van der Waals surface area (Å²) in [5.74, 6) is 0. The SMILES string of the molecule is COCN(C)C(=O)OC(C)(C)C. The van der Waals surface area contributed by atoms with Crippen LogP contribution in [-0.2, 0) is 9.47 Å². The number of nitrogens with zero attached hydrogens (tertiary/aromatic N) is 1. The van der Waals surface area contributed by atoms with E-state index in [4.69, 9.17) is 9.47 Å². The first-order valence-corrected chi connectivity index (χ1v) is 3.80. The molecule has 0 fully saturated rings. The van der Waals surface area contributed by atoms with Gasteiger partial charge in [0.05, 0.1) is 0 Å². The Hall–Kier alpha value is -0.770. The summed E-state index contributed by atoms with van der Waals surface area (Å²) in [7, 11) is 3.15. The maximum atomic E-state index is 11.2. The molecular formula is C8H17NO3. The average molecular weight is 175 g/mol. The van der Waals surface area contributed by atoms with Gasteiger partial charge in [-0.25, -0.2) is 4.79 Å². The van der Waals surface area contributed by atoms with Gasteiger partial charge in [-0.1, -0.05) is 0 Å². The fraction of sp³-hybridized carbons (Fsp3) is 0.875. The van der Waals surface area contributed by atoms with Crippen LogP contribution >= 0.6 is 0 Å². The molecule has 0 aromatic heterocycles. The summed E-state index contributed by atoms with van der Waals surface area (Å²) in [5, 5.41) is 0. The number of carbonyl (C=O) groups excluding carboxylic acids is 1. The summed E-state index contributed by atoms with van der Waals surface area (Å²) < 4.78 is 9.82. The first kappa shape index (κ1) is 11.2. The third-order valence-electron chi connectivity index (χ3n) is 1.03. The van der Waals surface area contributed by atoms with E-state index in [9.17, 15) is 4.79 Å². The van der Waals surface area contributed by atoms with Crippen LogP contribution in [0.3, 0.4) is 0 Å². The van der Waals surface area contributed by atoms with E-state index in [0.717, 1.165) is 0 Å². The maximum absolute atomic E-state index is 11.2. The van der Waals surface area contributed by atoms with Gasteiger partial charge in [-0.05, 0) is 20.8 Å². The van der Waals surface area contributed by atoms with E-state index in [-0.39, 0.29) is 12.8 Å². The van der Waals surface area contributed by atoms with Crippen molar-refractivity contribution in [1.82, 2.24) is 4.90 Å². The van der Waals surface area contributed by atoms with E-state index >= 15 is 0 Å². The summed E-state index contributed by atoms with van der Waals surface area (Å²) in [6.07, 6.45) is -0.371. The van der Waals surface area contributed by atoms with Gasteiger partial charge in [-0.3, -0.25) is 4.90 Å². The minimum atomic E-state index is -0.445. The Morgan fingerprint density at radius 3 is 2.25 bits per heavy atom. The van der Waals surface area contributed by atoms with Crippen molar-refractivity contribution in [2.45, 2.75) is 26.4 Å². The molecule has 0 saturated heterocycles. The minimum absolute atomic E-state index is 0.245. The number of ether oxygens (including phenoxy) is 2. The Balaban J connectivity index is 3.87. The monoisotopic (exact) mass is 175 g/mol. The molecule has 0 aromatic carbocycles. The Kier molecular flexibility index (Phi) is 4.03. The van der Waals surface area contributed by atoms with Crippen LogP contribution in [0.5, 0.6) is 0 Å². The summed E-state index contributed by atoms with van der Waals surface area (Å²) in [6.45, 7) is 5.72. The number of hydrogen-bond donors (Lipinski definition) is 0. The molecule has 72 valence electrons. The normalized spacial score (nSPS) is 11.1. The smallest absolute Gasteiger partial charge is 0.411 e. The topological polar surface area (TPSA) is 38.8 Å². The lowest BCUT2D eigenvalue weighted by atomic mass is 10.2. The van der Waals surface area contributed by atoms with Gasteiger partial charge in [0.1, 0.15) is 12.3 Å². The number of amides is 1. The van der Waals surface area contributed by atoms with Crippen molar-refractivity contribution in [2.75, 3.05) is 20.9 Å². The molecule has 0 saturated carbocycles. The zero-order valence-electron chi connectivity index (χ0n) is 8.38. The van der Waals surface area contributed by atoms with Crippen LogP contribution in [0.2, 0.25) is 0 Å². The third-order valence-corrected chi connectivity index (χ3v) is 1.03. The second-order valence-electron chi connectivity index (χ2n) is 3.60. The molecule has 1 amide bonds. The Bertz CT molecular complexity index is 151. The van der Waals surface area contributed by atoms with Crippen molar-refractivity contribution in [3.63, 3.8) is 0 Å². The predicted molar refractivity (Wildman–Crippen MR) is 45.9 cm³/mol. The molecule has 0 aliphatic carbocycles. The highest BCUT2D eigenvalue weighted by molar-refractivity contribution is 5.67. The third kappa shape index (κ3) is 4.96. The van der Waals surface area contributed by atoms with E-state index in [2.05, 4.69) is 0 Å². The van der Waals surface area contributed by atoms with Gasteiger partial charge >= 0.3 is 6.09 Å². The molecule has 0 rings (SSSR count). The molecule has 0 radical (unpaired) electrons. The zero-order chi connectivity index (χ0) is 9.78. The van der Waals surface area contributed by atoms with Crippen molar-refractivity contribution in [3.8, 4) is 0 Å². The fourth-order valence-corrected chi connectivity index (χ4v) is 0.586. The van der Waals surface area contributed by atoms with Gasteiger partial charge in [-0.15, -0.1) is 0 Å². The van der Waals surface area contributed by atoms with Crippen LogP contribution in [0.1, 0.15) is 20.8 Å². The van der Waals surface area contributed by atoms with Gasteiger partial charge in [-0.2, -0.15) is 0 Å². The molecule has 0 aliphatic rings. The minimum Gasteiger partial charge on any atom is -0.444 e. The number of carbonyl (C=O) groups is 1. The molecule has 0 heterocycles. The van der Waals surface area contributed by atoms with Crippen LogP contribution in [0, 0.1) is 0 Å². The molecule has 0 unspecified atom stereocenters. The Morgan fingerprint density at radius 1 is 1.42 bits per heavy atom. The molecule has 0 spiro atoms. The number of rotatable bonds is 2. The lowest BCUT2D eigenvalue weighted by Gasteiger charge is -2.23. The van der Waals surface area contributed by atoms with Gasteiger partial charge in [0.2, 0.25) is 0 Å².